The van der Waals surface area contributed by atoms with Crippen LogP contribution in [0.15, 0.2) is 29.3 Å². The molecule has 0 amide bonds. The minimum absolute atomic E-state index is 0. The number of hydrogen-bond donors (Lipinski definition) is 2. The van der Waals surface area contributed by atoms with E-state index < -0.39 is 5.54 Å². The highest BCUT2D eigenvalue weighted by Gasteiger charge is 2.32. The van der Waals surface area contributed by atoms with E-state index in [0.717, 1.165) is 29.9 Å². The molecule has 0 saturated heterocycles. The number of halogens is 2. The van der Waals surface area contributed by atoms with Gasteiger partial charge in [-0.2, -0.15) is 5.10 Å². The van der Waals surface area contributed by atoms with Crippen molar-refractivity contribution in [3.63, 3.8) is 0 Å². The highest BCUT2D eigenvalue weighted by Crippen LogP contribution is 2.39. The van der Waals surface area contributed by atoms with Gasteiger partial charge in [-0.15, -0.1) is 12.4 Å². The summed E-state index contributed by atoms with van der Waals surface area (Å²) in [5, 5.41) is 7.57. The fourth-order valence-electron chi connectivity index (χ4n) is 3.33. The number of aromatic amines is 1. The number of nitrogens with two attached hydrogens (primary N) is 1. The molecule has 2 heterocycles. The Labute approximate surface area is 167 Å². The second-order valence-corrected chi connectivity index (χ2v) is 8.33. The minimum atomic E-state index is -0.691. The van der Waals surface area contributed by atoms with Gasteiger partial charge >= 0.3 is 0 Å². The third-order valence-electron chi connectivity index (χ3n) is 5.07. The number of ketones is 1. The highest BCUT2D eigenvalue weighted by molar-refractivity contribution is 8.13. The second kappa shape index (κ2) is 7.64. The van der Waals surface area contributed by atoms with Crippen molar-refractivity contribution in [2.75, 3.05) is 5.75 Å². The zero-order valence-electron chi connectivity index (χ0n) is 15.0. The van der Waals surface area contributed by atoms with Gasteiger partial charge in [-0.05, 0) is 49.9 Å². The maximum Gasteiger partial charge on any atom is 0.187 e. The van der Waals surface area contributed by atoms with Crippen molar-refractivity contribution in [2.24, 2.45) is 10.7 Å². The number of nitrogens with one attached hydrogen (secondary N) is 1. The lowest BCUT2D eigenvalue weighted by Crippen LogP contribution is -2.29. The lowest BCUT2D eigenvalue weighted by Gasteiger charge is -2.30. The predicted molar refractivity (Wildman–Crippen MR) is 108 cm³/mol. The summed E-state index contributed by atoms with van der Waals surface area (Å²) in [6, 6.07) is 6.65. The number of benzene rings is 1. The molecule has 1 saturated carbocycles. The van der Waals surface area contributed by atoms with Crippen LogP contribution in [0.1, 0.15) is 59.4 Å². The molecule has 1 atom stereocenters. The predicted octanol–water partition coefficient (Wildman–Crippen LogP) is 3.94. The van der Waals surface area contributed by atoms with E-state index in [1.54, 1.807) is 12.1 Å². The first-order chi connectivity index (χ1) is 12.4. The number of nitrogens with zero attached hydrogens (tertiary/aromatic N) is 2. The zero-order valence-corrected chi connectivity index (χ0v) is 16.6. The summed E-state index contributed by atoms with van der Waals surface area (Å²) in [6.45, 7) is 1.89. The third-order valence-corrected chi connectivity index (χ3v) is 5.87. The quantitative estimate of drug-likeness (QED) is 0.734. The largest absolute Gasteiger partial charge is 0.379 e. The lowest BCUT2D eigenvalue weighted by molar-refractivity contribution is 0.0988. The van der Waals surface area contributed by atoms with Gasteiger partial charge in [-0.3, -0.25) is 14.9 Å². The fraction of sp³-hybridized carbons (Fsp3) is 0.421. The van der Waals surface area contributed by atoms with Gasteiger partial charge < -0.3 is 5.73 Å². The van der Waals surface area contributed by atoms with Crippen LogP contribution in [-0.4, -0.2) is 26.9 Å². The van der Waals surface area contributed by atoms with Crippen molar-refractivity contribution >= 4 is 35.1 Å². The van der Waals surface area contributed by atoms with Crippen LogP contribution in [0.3, 0.4) is 0 Å². The zero-order chi connectivity index (χ0) is 18.3. The van der Waals surface area contributed by atoms with E-state index in [1.807, 2.05) is 13.0 Å². The molecule has 5 nitrogen and oxygen atoms in total. The molecular weight excluding hydrogens is 387 g/mol. The van der Waals surface area contributed by atoms with Gasteiger partial charge in [0.2, 0.25) is 0 Å². The first-order valence-corrected chi connectivity index (χ1v) is 9.79. The summed E-state index contributed by atoms with van der Waals surface area (Å²) in [7, 11) is 0. The Bertz CT molecular complexity index is 896. The van der Waals surface area contributed by atoms with E-state index in [1.165, 1.54) is 17.8 Å². The van der Waals surface area contributed by atoms with Gasteiger partial charge in [0.1, 0.15) is 11.5 Å². The summed E-state index contributed by atoms with van der Waals surface area (Å²) in [4.78, 5) is 17.0. The number of hydrogen-bond acceptors (Lipinski definition) is 5. The first-order valence-electron chi connectivity index (χ1n) is 8.80. The van der Waals surface area contributed by atoms with E-state index in [0.29, 0.717) is 28.8 Å². The first kappa shape index (κ1) is 19.9. The molecule has 0 radical (unpaired) electrons. The van der Waals surface area contributed by atoms with E-state index in [2.05, 4.69) is 15.2 Å². The monoisotopic (exact) mass is 408 g/mol. The van der Waals surface area contributed by atoms with E-state index in [-0.39, 0.29) is 30.4 Å². The molecule has 1 aromatic heterocycles. The maximum atomic E-state index is 14.5. The topological polar surface area (TPSA) is 84.1 Å². The van der Waals surface area contributed by atoms with E-state index in [4.69, 9.17) is 5.73 Å². The summed E-state index contributed by atoms with van der Waals surface area (Å²) in [5.74, 6) is 0.931. The molecule has 144 valence electrons. The molecule has 0 bridgehead atoms. The van der Waals surface area contributed by atoms with Crippen molar-refractivity contribution < 1.29 is 9.18 Å². The third kappa shape index (κ3) is 4.19. The van der Waals surface area contributed by atoms with Crippen LogP contribution in [0.2, 0.25) is 0 Å². The molecule has 0 unspecified atom stereocenters. The van der Waals surface area contributed by atoms with Gasteiger partial charge in [-0.25, -0.2) is 4.39 Å². The fourth-order valence-corrected chi connectivity index (χ4v) is 4.31. The number of Topliss-reactive ketones (excluding diaryl/α,β-unsaturated/α-hetero) is 1. The van der Waals surface area contributed by atoms with Crippen LogP contribution in [0.25, 0.3) is 0 Å². The number of rotatable bonds is 5. The Balaban J connectivity index is 0.00000210. The Morgan fingerprint density at radius 1 is 1.41 bits per heavy atom. The van der Waals surface area contributed by atoms with Crippen molar-refractivity contribution in [3.8, 4) is 0 Å². The average molecular weight is 409 g/mol. The molecule has 1 aliphatic heterocycles. The van der Waals surface area contributed by atoms with Gasteiger partial charge in [0.05, 0.1) is 5.54 Å². The second-order valence-electron chi connectivity index (χ2n) is 7.22. The van der Waals surface area contributed by atoms with Crippen molar-refractivity contribution in [1.82, 2.24) is 10.2 Å². The molecule has 1 fully saturated rings. The van der Waals surface area contributed by atoms with Gasteiger partial charge in [0.25, 0.3) is 0 Å². The molecule has 8 heteroatoms. The number of amidine groups is 1. The van der Waals surface area contributed by atoms with Gasteiger partial charge in [0, 0.05) is 29.3 Å². The minimum Gasteiger partial charge on any atom is -0.379 e. The summed E-state index contributed by atoms with van der Waals surface area (Å²) in [6.07, 6.45) is 3.19. The number of H-pyrrole nitrogens is 1. The number of thioether (sulfide) groups is 1. The molecule has 3 N–H and O–H groups in total. The molecule has 1 aliphatic carbocycles. The molecule has 2 aliphatic rings. The molecule has 4 rings (SSSR count). The normalized spacial score (nSPS) is 22.1. The van der Waals surface area contributed by atoms with Crippen molar-refractivity contribution in [3.05, 3.63) is 52.6 Å². The number of carbonyl (C=O) groups is 1. The smallest absolute Gasteiger partial charge is 0.187 e. The summed E-state index contributed by atoms with van der Waals surface area (Å²) < 4.78 is 14.5. The Kier molecular flexibility index (Phi) is 5.63. The number of aliphatic imine (C=N–C) groups is 1. The van der Waals surface area contributed by atoms with Gasteiger partial charge in [-0.1, -0.05) is 17.8 Å². The average Bonchev–Trinajstić information content (AvgIpc) is 3.33. The van der Waals surface area contributed by atoms with Crippen LogP contribution in [0, 0.1) is 5.82 Å². The van der Waals surface area contributed by atoms with Crippen LogP contribution in [0.4, 0.5) is 4.39 Å². The molecule has 0 spiro atoms. The van der Waals surface area contributed by atoms with Crippen LogP contribution < -0.4 is 5.73 Å². The SMILES string of the molecule is C[C@@]1(c2cc(CC(=O)c3cc(C4CC4)[nH]n3)ccc2F)CCSC(N)=N1.Cl. The van der Waals surface area contributed by atoms with Crippen LogP contribution >= 0.6 is 24.2 Å². The number of carbonyl (C=O) groups excluding carboxylic acids is 1. The summed E-state index contributed by atoms with van der Waals surface area (Å²) >= 11 is 1.48. The molecule has 1 aromatic carbocycles. The Morgan fingerprint density at radius 2 is 2.19 bits per heavy atom. The highest BCUT2D eigenvalue weighted by atomic mass is 35.5. The Hall–Kier alpha value is -1.86. The van der Waals surface area contributed by atoms with Crippen LogP contribution in [0.5, 0.6) is 0 Å². The van der Waals surface area contributed by atoms with Crippen LogP contribution in [-0.2, 0) is 12.0 Å². The van der Waals surface area contributed by atoms with E-state index >= 15 is 0 Å². The number of aromatic nitrogens is 2. The maximum absolute atomic E-state index is 14.5. The van der Waals surface area contributed by atoms with Crippen molar-refractivity contribution in [2.45, 2.75) is 44.1 Å². The van der Waals surface area contributed by atoms with E-state index in [9.17, 15) is 9.18 Å². The Morgan fingerprint density at radius 3 is 2.89 bits per heavy atom. The summed E-state index contributed by atoms with van der Waals surface area (Å²) in [5.41, 5.74) is 7.89. The molecule has 27 heavy (non-hydrogen) atoms. The standard InChI is InChI=1S/C19H21FN4OS.ClH/c1-19(6-7-26-18(21)22-19)13-8-11(2-5-14(13)20)9-17(25)16-10-15(23-24-16)12-3-4-12;/h2,5,8,10,12H,3-4,6-7,9H2,1H3,(H2,21,22)(H,23,24);1H/t19-;/m0./s1. The molecular formula is C19H22ClFN4OS. The van der Waals surface area contributed by atoms with Crippen molar-refractivity contribution in [1.29, 1.82) is 0 Å². The van der Waals surface area contributed by atoms with Gasteiger partial charge in [0.15, 0.2) is 11.0 Å². The lowest BCUT2D eigenvalue weighted by atomic mass is 9.87. The molecule has 2 aromatic rings.